The monoisotopic (exact) mass is 326 g/mol. The minimum Gasteiger partial charge on any atom is -0.507 e. The molecule has 126 valence electrons. The molecule has 0 fully saturated rings. The van der Waals surface area contributed by atoms with Gasteiger partial charge in [-0.2, -0.15) is 5.10 Å². The number of phenols is 1. The summed E-state index contributed by atoms with van der Waals surface area (Å²) in [4.78, 5) is 11.7. The van der Waals surface area contributed by atoms with Gasteiger partial charge in [-0.3, -0.25) is 4.79 Å². The number of carbonyl (C=O) groups excluding carboxylic acids is 1. The summed E-state index contributed by atoms with van der Waals surface area (Å²) in [5.74, 6) is 0.591. The largest absolute Gasteiger partial charge is 0.507 e. The highest BCUT2D eigenvalue weighted by atomic mass is 16.5. The van der Waals surface area contributed by atoms with E-state index in [1.165, 1.54) is 11.8 Å². The minimum absolute atomic E-state index is 0.101. The van der Waals surface area contributed by atoms with Crippen molar-refractivity contribution >= 4 is 12.1 Å². The predicted molar refractivity (Wildman–Crippen MR) is 94.6 cm³/mol. The van der Waals surface area contributed by atoms with Crippen LogP contribution in [-0.2, 0) is 11.2 Å². The van der Waals surface area contributed by atoms with Crippen molar-refractivity contribution in [2.75, 3.05) is 6.61 Å². The van der Waals surface area contributed by atoms with Crippen LogP contribution in [0.5, 0.6) is 11.5 Å². The molecule has 2 aromatic carbocycles. The van der Waals surface area contributed by atoms with Gasteiger partial charge in [-0.25, -0.2) is 5.43 Å². The van der Waals surface area contributed by atoms with Crippen molar-refractivity contribution in [3.8, 4) is 11.5 Å². The number of amides is 1. The molecule has 0 spiro atoms. The van der Waals surface area contributed by atoms with Crippen molar-refractivity contribution in [1.82, 2.24) is 5.43 Å². The molecule has 0 atom stereocenters. The van der Waals surface area contributed by atoms with E-state index in [1.54, 1.807) is 12.1 Å². The molecular formula is C19H22N2O3. The Morgan fingerprint density at radius 3 is 2.42 bits per heavy atom. The number of rotatable bonds is 6. The zero-order valence-corrected chi connectivity index (χ0v) is 14.2. The molecule has 0 radical (unpaired) electrons. The Morgan fingerprint density at radius 1 is 1.21 bits per heavy atom. The van der Waals surface area contributed by atoms with E-state index in [9.17, 15) is 9.90 Å². The van der Waals surface area contributed by atoms with Gasteiger partial charge in [0.1, 0.15) is 11.5 Å². The highest BCUT2D eigenvalue weighted by molar-refractivity contribution is 5.83. The van der Waals surface area contributed by atoms with E-state index >= 15 is 0 Å². The molecule has 5 nitrogen and oxygen atoms in total. The minimum atomic E-state index is -0.335. The topological polar surface area (TPSA) is 70.9 Å². The highest BCUT2D eigenvalue weighted by Crippen LogP contribution is 2.21. The fraction of sp³-hybridized carbons (Fsp3) is 0.263. The maximum absolute atomic E-state index is 11.7. The molecule has 0 aliphatic heterocycles. The first-order valence-electron chi connectivity index (χ1n) is 7.83. The van der Waals surface area contributed by atoms with Crippen molar-refractivity contribution in [1.29, 1.82) is 0 Å². The number of nitrogens with one attached hydrogen (secondary N) is 1. The molecule has 2 N–H and O–H groups in total. The molecule has 5 heteroatoms. The van der Waals surface area contributed by atoms with Crippen LogP contribution in [0.2, 0.25) is 0 Å². The third-order valence-corrected chi connectivity index (χ3v) is 3.62. The van der Waals surface area contributed by atoms with Crippen molar-refractivity contribution in [2.24, 2.45) is 5.10 Å². The molecule has 0 saturated heterocycles. The second-order valence-corrected chi connectivity index (χ2v) is 5.58. The predicted octanol–water partition coefficient (Wildman–Crippen LogP) is 3.10. The quantitative estimate of drug-likeness (QED) is 0.633. The molecule has 2 rings (SSSR count). The standard InChI is InChI=1S/C19H22N2O3/c1-4-15-5-7-17(8-6-15)24-12-18(22)21-20-11-16-9-13(2)19(23)14(3)10-16/h5-11,23H,4,12H2,1-3H3,(H,21,22)/b20-11+. The number of carbonyl (C=O) groups is 1. The third kappa shape index (κ3) is 4.84. The van der Waals surface area contributed by atoms with E-state index < -0.39 is 0 Å². The fourth-order valence-electron chi connectivity index (χ4n) is 2.25. The number of nitrogens with zero attached hydrogens (tertiary/aromatic N) is 1. The number of hydrazone groups is 1. The lowest BCUT2D eigenvalue weighted by Gasteiger charge is -2.06. The summed E-state index contributed by atoms with van der Waals surface area (Å²) in [5, 5.41) is 13.6. The molecule has 2 aromatic rings. The van der Waals surface area contributed by atoms with Crippen molar-refractivity contribution in [3.63, 3.8) is 0 Å². The SMILES string of the molecule is CCc1ccc(OCC(=O)N/N=C/c2cc(C)c(O)c(C)c2)cc1. The van der Waals surface area contributed by atoms with E-state index in [-0.39, 0.29) is 18.3 Å². The summed E-state index contributed by atoms with van der Waals surface area (Å²) in [5.41, 5.74) is 5.97. The molecule has 0 heterocycles. The first-order chi connectivity index (χ1) is 11.5. The summed E-state index contributed by atoms with van der Waals surface area (Å²) in [6, 6.07) is 11.2. The molecule has 0 aromatic heterocycles. The summed E-state index contributed by atoms with van der Waals surface area (Å²) < 4.78 is 5.41. The normalized spacial score (nSPS) is 10.8. The van der Waals surface area contributed by atoms with Crippen LogP contribution in [0.3, 0.4) is 0 Å². The van der Waals surface area contributed by atoms with Crippen LogP contribution in [0, 0.1) is 13.8 Å². The molecule has 24 heavy (non-hydrogen) atoms. The number of hydrogen-bond donors (Lipinski definition) is 2. The van der Waals surface area contributed by atoms with Gasteiger partial charge in [-0.05, 0) is 66.8 Å². The summed E-state index contributed by atoms with van der Waals surface area (Å²) in [6.07, 6.45) is 2.50. The van der Waals surface area contributed by atoms with Crippen LogP contribution in [0.15, 0.2) is 41.5 Å². The van der Waals surface area contributed by atoms with Gasteiger partial charge >= 0.3 is 0 Å². The Balaban J connectivity index is 1.84. The Kier molecular flexibility index (Phi) is 5.95. The zero-order chi connectivity index (χ0) is 17.5. The van der Waals surface area contributed by atoms with Gasteiger partial charge < -0.3 is 9.84 Å². The number of ether oxygens (including phenoxy) is 1. The fourth-order valence-corrected chi connectivity index (χ4v) is 2.25. The zero-order valence-electron chi connectivity index (χ0n) is 14.2. The Morgan fingerprint density at radius 2 is 1.83 bits per heavy atom. The van der Waals surface area contributed by atoms with Gasteiger partial charge in [0.05, 0.1) is 6.21 Å². The molecular weight excluding hydrogens is 304 g/mol. The van der Waals surface area contributed by atoms with Gasteiger partial charge in [0.2, 0.25) is 0 Å². The smallest absolute Gasteiger partial charge is 0.277 e. The van der Waals surface area contributed by atoms with Crippen LogP contribution < -0.4 is 10.2 Å². The van der Waals surface area contributed by atoms with E-state index in [4.69, 9.17) is 4.74 Å². The van der Waals surface area contributed by atoms with E-state index in [2.05, 4.69) is 17.5 Å². The second-order valence-electron chi connectivity index (χ2n) is 5.58. The van der Waals surface area contributed by atoms with Gasteiger partial charge in [0.25, 0.3) is 5.91 Å². The third-order valence-electron chi connectivity index (χ3n) is 3.62. The van der Waals surface area contributed by atoms with Gasteiger partial charge in [0.15, 0.2) is 6.61 Å². The van der Waals surface area contributed by atoms with Gasteiger partial charge in [-0.15, -0.1) is 0 Å². The Labute approximate surface area is 142 Å². The van der Waals surface area contributed by atoms with Gasteiger partial charge in [-0.1, -0.05) is 19.1 Å². The first kappa shape index (κ1) is 17.5. The lowest BCUT2D eigenvalue weighted by molar-refractivity contribution is -0.123. The van der Waals surface area contributed by atoms with Crippen molar-refractivity contribution in [2.45, 2.75) is 27.2 Å². The molecule has 1 amide bonds. The average Bonchev–Trinajstić information content (AvgIpc) is 2.58. The second kappa shape index (κ2) is 8.15. The number of aryl methyl sites for hydroxylation is 3. The Bertz CT molecular complexity index is 714. The first-order valence-corrected chi connectivity index (χ1v) is 7.83. The molecule has 0 aliphatic rings. The van der Waals surface area contributed by atoms with Crippen molar-refractivity contribution in [3.05, 3.63) is 58.7 Å². The Hall–Kier alpha value is -2.82. The van der Waals surface area contributed by atoms with Crippen molar-refractivity contribution < 1.29 is 14.6 Å². The lowest BCUT2D eigenvalue weighted by atomic mass is 10.1. The maximum Gasteiger partial charge on any atom is 0.277 e. The molecule has 0 aliphatic carbocycles. The number of benzene rings is 2. The van der Waals surface area contributed by atoms with Crippen LogP contribution >= 0.6 is 0 Å². The van der Waals surface area contributed by atoms with Crippen LogP contribution in [0.1, 0.15) is 29.2 Å². The maximum atomic E-state index is 11.7. The average molecular weight is 326 g/mol. The van der Waals surface area contributed by atoms with E-state index in [1.807, 2.05) is 38.1 Å². The molecule has 0 unspecified atom stereocenters. The number of hydrogen-bond acceptors (Lipinski definition) is 4. The molecule has 0 saturated carbocycles. The highest BCUT2D eigenvalue weighted by Gasteiger charge is 2.03. The summed E-state index contributed by atoms with van der Waals surface area (Å²) in [6.45, 7) is 5.61. The molecule has 0 bridgehead atoms. The van der Waals surface area contributed by atoms with Crippen LogP contribution in [0.4, 0.5) is 0 Å². The lowest BCUT2D eigenvalue weighted by Crippen LogP contribution is -2.24. The number of phenolic OH excluding ortho intramolecular Hbond substituents is 1. The van der Waals surface area contributed by atoms with Crippen LogP contribution in [0.25, 0.3) is 0 Å². The van der Waals surface area contributed by atoms with E-state index in [0.717, 1.165) is 23.1 Å². The van der Waals surface area contributed by atoms with Crippen LogP contribution in [-0.4, -0.2) is 23.8 Å². The van der Waals surface area contributed by atoms with Gasteiger partial charge in [0, 0.05) is 0 Å². The van der Waals surface area contributed by atoms with E-state index in [0.29, 0.717) is 5.75 Å². The number of aromatic hydroxyl groups is 1. The summed E-state index contributed by atoms with van der Waals surface area (Å²) in [7, 11) is 0. The summed E-state index contributed by atoms with van der Waals surface area (Å²) >= 11 is 0.